The number of rotatable bonds is 5. The van der Waals surface area contributed by atoms with Gasteiger partial charge in [-0.25, -0.2) is 9.97 Å². The molecule has 0 fully saturated rings. The van der Waals surface area contributed by atoms with Gasteiger partial charge < -0.3 is 4.52 Å². The Morgan fingerprint density at radius 2 is 1.89 bits per heavy atom. The first-order valence-electron chi connectivity index (χ1n) is 8.37. The molecule has 0 saturated carbocycles. The van der Waals surface area contributed by atoms with Gasteiger partial charge in [-0.15, -0.1) is 11.3 Å². The molecule has 28 heavy (non-hydrogen) atoms. The third-order valence-corrected chi connectivity index (χ3v) is 6.31. The summed E-state index contributed by atoms with van der Waals surface area (Å²) in [5.41, 5.74) is 1.88. The van der Waals surface area contributed by atoms with Gasteiger partial charge in [-0.3, -0.25) is 10.1 Å². The number of aryl methyl sites for hydroxylation is 3. The summed E-state index contributed by atoms with van der Waals surface area (Å²) in [6, 6.07) is 6.05. The molecule has 8 nitrogen and oxygen atoms in total. The summed E-state index contributed by atoms with van der Waals surface area (Å²) in [7, 11) is 0. The Morgan fingerprint density at radius 3 is 2.61 bits per heavy atom. The molecule has 0 N–H and O–H groups in total. The molecule has 0 saturated heterocycles. The molecule has 4 aromatic rings. The van der Waals surface area contributed by atoms with Crippen LogP contribution in [0.15, 0.2) is 33.8 Å². The van der Waals surface area contributed by atoms with E-state index in [0.29, 0.717) is 23.0 Å². The number of aromatic nitrogens is 4. The van der Waals surface area contributed by atoms with Gasteiger partial charge in [0.05, 0.1) is 10.7 Å². The van der Waals surface area contributed by atoms with Crippen molar-refractivity contribution in [2.45, 2.75) is 31.6 Å². The number of non-ortho nitro benzene ring substituents is 1. The van der Waals surface area contributed by atoms with Gasteiger partial charge in [0, 0.05) is 28.0 Å². The molecule has 3 aromatic heterocycles. The summed E-state index contributed by atoms with van der Waals surface area (Å²) in [5.74, 6) is 2.07. The van der Waals surface area contributed by atoms with E-state index in [9.17, 15) is 10.1 Å². The van der Waals surface area contributed by atoms with Crippen molar-refractivity contribution in [3.8, 4) is 11.4 Å². The molecule has 0 spiro atoms. The van der Waals surface area contributed by atoms with E-state index in [-0.39, 0.29) is 5.69 Å². The first-order valence-corrected chi connectivity index (χ1v) is 10.2. The summed E-state index contributed by atoms with van der Waals surface area (Å²) >= 11 is 3.20. The Morgan fingerprint density at radius 1 is 1.14 bits per heavy atom. The molecule has 0 aliphatic heterocycles. The molecule has 0 radical (unpaired) electrons. The summed E-state index contributed by atoms with van der Waals surface area (Å²) < 4.78 is 5.34. The van der Waals surface area contributed by atoms with Crippen LogP contribution in [0.5, 0.6) is 0 Å². The zero-order valence-corrected chi connectivity index (χ0v) is 16.9. The number of nitro benzene ring substituents is 1. The lowest BCUT2D eigenvalue weighted by atomic mass is 10.2. The molecule has 0 amide bonds. The van der Waals surface area contributed by atoms with E-state index in [1.54, 1.807) is 23.5 Å². The number of thioether (sulfide) groups is 1. The maximum Gasteiger partial charge on any atom is 0.269 e. The molecule has 10 heteroatoms. The molecule has 0 unspecified atom stereocenters. The molecule has 0 bridgehead atoms. The SMILES string of the molecule is Cc1nc(SCc2nc(-c3ccc([N+](=O)[O-])cc3)no2)c2c(C)c(C)sc2n1. The summed E-state index contributed by atoms with van der Waals surface area (Å²) in [6.07, 6.45) is 0. The molecule has 0 aliphatic carbocycles. The van der Waals surface area contributed by atoms with Crippen molar-refractivity contribution in [1.29, 1.82) is 0 Å². The van der Waals surface area contributed by atoms with Crippen molar-refractivity contribution in [1.82, 2.24) is 20.1 Å². The van der Waals surface area contributed by atoms with Gasteiger partial charge in [0.25, 0.3) is 5.69 Å². The van der Waals surface area contributed by atoms with E-state index in [1.807, 2.05) is 6.92 Å². The molecular weight excluding hydrogens is 398 g/mol. The summed E-state index contributed by atoms with van der Waals surface area (Å²) in [4.78, 5) is 26.0. The number of hydrogen-bond acceptors (Lipinski definition) is 9. The number of nitro groups is 1. The van der Waals surface area contributed by atoms with Gasteiger partial charge in [-0.05, 0) is 38.5 Å². The Kier molecular flexibility index (Phi) is 4.82. The topological polar surface area (TPSA) is 108 Å². The highest BCUT2D eigenvalue weighted by atomic mass is 32.2. The molecule has 4 rings (SSSR count). The highest BCUT2D eigenvalue weighted by Gasteiger charge is 2.16. The molecule has 0 aliphatic rings. The highest BCUT2D eigenvalue weighted by Crippen LogP contribution is 2.36. The fourth-order valence-corrected chi connectivity index (χ4v) is 4.82. The maximum absolute atomic E-state index is 10.8. The third-order valence-electron chi connectivity index (χ3n) is 4.24. The van der Waals surface area contributed by atoms with Gasteiger partial charge in [-0.2, -0.15) is 4.98 Å². The Labute approximate surface area is 168 Å². The van der Waals surface area contributed by atoms with Crippen molar-refractivity contribution in [2.75, 3.05) is 0 Å². The molecule has 1 aromatic carbocycles. The molecule has 142 valence electrons. The second-order valence-corrected chi connectivity index (χ2v) is 8.31. The minimum atomic E-state index is -0.444. The van der Waals surface area contributed by atoms with Gasteiger partial charge in [0.1, 0.15) is 15.7 Å². The van der Waals surface area contributed by atoms with Crippen LogP contribution in [0.4, 0.5) is 5.69 Å². The van der Waals surface area contributed by atoms with E-state index < -0.39 is 4.92 Å². The van der Waals surface area contributed by atoms with Crippen LogP contribution >= 0.6 is 23.1 Å². The van der Waals surface area contributed by atoms with Gasteiger partial charge >= 0.3 is 0 Å². The number of fused-ring (bicyclic) bond motifs is 1. The van der Waals surface area contributed by atoms with Crippen molar-refractivity contribution in [3.63, 3.8) is 0 Å². The Bertz CT molecular complexity index is 1180. The Balaban J connectivity index is 1.55. The van der Waals surface area contributed by atoms with E-state index in [2.05, 4.69) is 34.0 Å². The smallest absolute Gasteiger partial charge is 0.269 e. The van der Waals surface area contributed by atoms with E-state index in [0.717, 1.165) is 21.1 Å². The van der Waals surface area contributed by atoms with E-state index in [1.165, 1.54) is 34.3 Å². The van der Waals surface area contributed by atoms with Crippen LogP contribution in [0.3, 0.4) is 0 Å². The van der Waals surface area contributed by atoms with Crippen LogP contribution in [-0.4, -0.2) is 25.0 Å². The zero-order chi connectivity index (χ0) is 19.8. The number of thiophene rings is 1. The number of hydrogen-bond donors (Lipinski definition) is 0. The molecule has 3 heterocycles. The lowest BCUT2D eigenvalue weighted by molar-refractivity contribution is -0.384. The third kappa shape index (κ3) is 3.48. The quantitative estimate of drug-likeness (QED) is 0.197. The fourth-order valence-electron chi connectivity index (χ4n) is 2.71. The second kappa shape index (κ2) is 7.28. The van der Waals surface area contributed by atoms with Gasteiger partial charge in [0.2, 0.25) is 11.7 Å². The predicted molar refractivity (Wildman–Crippen MR) is 108 cm³/mol. The van der Waals surface area contributed by atoms with Crippen molar-refractivity contribution >= 4 is 39.0 Å². The van der Waals surface area contributed by atoms with Crippen LogP contribution in [0, 0.1) is 30.9 Å². The van der Waals surface area contributed by atoms with Crippen molar-refractivity contribution in [3.05, 3.63) is 56.5 Å². The van der Waals surface area contributed by atoms with E-state index in [4.69, 9.17) is 4.52 Å². The van der Waals surface area contributed by atoms with Crippen LogP contribution in [0.2, 0.25) is 0 Å². The van der Waals surface area contributed by atoms with Gasteiger partial charge in [-0.1, -0.05) is 16.9 Å². The second-order valence-electron chi connectivity index (χ2n) is 6.14. The van der Waals surface area contributed by atoms with Crippen molar-refractivity contribution in [2.24, 2.45) is 0 Å². The number of nitrogens with zero attached hydrogens (tertiary/aromatic N) is 5. The highest BCUT2D eigenvalue weighted by molar-refractivity contribution is 7.98. The van der Waals surface area contributed by atoms with Crippen LogP contribution in [-0.2, 0) is 5.75 Å². The maximum atomic E-state index is 10.8. The standard InChI is InChI=1S/C18H15N5O3S2/c1-9-10(2)28-18-15(9)17(19-11(3)20-18)27-8-14-21-16(22-26-14)12-4-6-13(7-5-12)23(24)25/h4-7H,8H2,1-3H3. The first kappa shape index (κ1) is 18.5. The predicted octanol–water partition coefficient (Wildman–Crippen LogP) is 4.87. The summed E-state index contributed by atoms with van der Waals surface area (Å²) in [6.45, 7) is 6.05. The minimum absolute atomic E-state index is 0.0209. The van der Waals surface area contributed by atoms with Crippen LogP contribution in [0.25, 0.3) is 21.6 Å². The first-order chi connectivity index (χ1) is 13.4. The van der Waals surface area contributed by atoms with Crippen molar-refractivity contribution < 1.29 is 9.45 Å². The number of benzene rings is 1. The van der Waals surface area contributed by atoms with Gasteiger partial charge in [0.15, 0.2) is 0 Å². The van der Waals surface area contributed by atoms with Crippen LogP contribution in [0.1, 0.15) is 22.2 Å². The lowest BCUT2D eigenvalue weighted by Crippen LogP contribution is -1.92. The monoisotopic (exact) mass is 413 g/mol. The summed E-state index contributed by atoms with van der Waals surface area (Å²) in [5, 5.41) is 16.7. The molecular formula is C18H15N5O3S2. The zero-order valence-electron chi connectivity index (χ0n) is 15.3. The van der Waals surface area contributed by atoms with E-state index >= 15 is 0 Å². The average molecular weight is 413 g/mol. The average Bonchev–Trinajstić information content (AvgIpc) is 3.25. The van der Waals surface area contributed by atoms with Crippen LogP contribution < -0.4 is 0 Å². The minimum Gasteiger partial charge on any atom is -0.338 e. The lowest BCUT2D eigenvalue weighted by Gasteiger charge is -2.03. The molecule has 0 atom stereocenters. The fraction of sp³-hybridized carbons (Fsp3) is 0.222. The largest absolute Gasteiger partial charge is 0.338 e. The Hall–Kier alpha value is -2.85. The normalized spacial score (nSPS) is 11.2.